The van der Waals surface area contributed by atoms with Crippen LogP contribution in [0.15, 0.2) is 48.8 Å². The van der Waals surface area contributed by atoms with E-state index in [-0.39, 0.29) is 17.9 Å². The van der Waals surface area contributed by atoms with Crippen LogP contribution in [0.1, 0.15) is 79.3 Å². The molecule has 0 spiro atoms. The Bertz CT molecular complexity index is 1290. The second-order valence-corrected chi connectivity index (χ2v) is 10.8. The van der Waals surface area contributed by atoms with Crippen LogP contribution in [-0.4, -0.2) is 32.1 Å². The molecule has 196 valence electrons. The van der Waals surface area contributed by atoms with Gasteiger partial charge in [-0.15, -0.1) is 0 Å². The summed E-state index contributed by atoms with van der Waals surface area (Å²) in [6.45, 7) is 0.328. The van der Waals surface area contributed by atoms with Gasteiger partial charge in [0.1, 0.15) is 0 Å². The number of alkyl halides is 3. The normalized spacial score (nSPS) is 22.4. The summed E-state index contributed by atoms with van der Waals surface area (Å²) in [5, 5.41) is 12.0. The average Bonchev–Trinajstić information content (AvgIpc) is 3.21. The van der Waals surface area contributed by atoms with Crippen LogP contribution >= 0.6 is 0 Å². The summed E-state index contributed by atoms with van der Waals surface area (Å²) in [6, 6.07) is 8.56. The molecule has 1 aromatic carbocycles. The van der Waals surface area contributed by atoms with Crippen LogP contribution in [0.4, 0.5) is 13.2 Å². The SMILES string of the molecule is O=C(O)CCCCCCC12CC(NC(=O)c3ccnc4ccn(Cc5ccc(C(F)(F)F)cc5)c34)(C1)C2. The van der Waals surface area contributed by atoms with Crippen molar-refractivity contribution in [2.24, 2.45) is 5.41 Å². The third-order valence-electron chi connectivity index (χ3n) is 7.90. The molecule has 6 nitrogen and oxygen atoms in total. The summed E-state index contributed by atoms with van der Waals surface area (Å²) < 4.78 is 40.5. The molecule has 0 unspecified atom stereocenters. The monoisotopic (exact) mass is 513 g/mol. The number of benzene rings is 1. The maximum atomic E-state index is 13.3. The van der Waals surface area contributed by atoms with E-state index in [9.17, 15) is 22.8 Å². The van der Waals surface area contributed by atoms with Crippen LogP contribution < -0.4 is 5.32 Å². The summed E-state index contributed by atoms with van der Waals surface area (Å²) in [6.07, 6.45) is 7.10. The first-order valence-electron chi connectivity index (χ1n) is 12.7. The molecule has 3 saturated carbocycles. The highest BCUT2D eigenvalue weighted by molar-refractivity contribution is 6.05. The Hall–Kier alpha value is -3.36. The summed E-state index contributed by atoms with van der Waals surface area (Å²) in [5.74, 6) is -0.892. The van der Waals surface area contributed by atoms with Gasteiger partial charge in [-0.25, -0.2) is 0 Å². The fourth-order valence-electron chi connectivity index (χ4n) is 6.27. The highest BCUT2D eigenvalue weighted by atomic mass is 19.4. The van der Waals surface area contributed by atoms with Crippen molar-refractivity contribution >= 4 is 22.9 Å². The quantitative estimate of drug-likeness (QED) is 0.300. The molecule has 0 radical (unpaired) electrons. The second-order valence-electron chi connectivity index (χ2n) is 10.8. The topological polar surface area (TPSA) is 84.2 Å². The molecule has 0 aliphatic heterocycles. The molecule has 2 N–H and O–H groups in total. The highest BCUT2D eigenvalue weighted by Gasteiger charge is 2.67. The number of amides is 1. The van der Waals surface area contributed by atoms with Crippen molar-refractivity contribution in [2.45, 2.75) is 76.0 Å². The van der Waals surface area contributed by atoms with E-state index in [1.54, 1.807) is 18.5 Å². The number of hydrogen-bond donors (Lipinski definition) is 2. The molecule has 37 heavy (non-hydrogen) atoms. The number of rotatable bonds is 11. The molecular formula is C28H30F3N3O3. The van der Waals surface area contributed by atoms with E-state index in [0.29, 0.717) is 34.1 Å². The zero-order valence-electron chi connectivity index (χ0n) is 20.5. The molecule has 6 rings (SSSR count). The number of aromatic nitrogens is 2. The van der Waals surface area contributed by atoms with Gasteiger partial charge in [-0.1, -0.05) is 31.4 Å². The zero-order chi connectivity index (χ0) is 26.3. The van der Waals surface area contributed by atoms with Crippen molar-refractivity contribution in [1.82, 2.24) is 14.9 Å². The zero-order valence-corrected chi connectivity index (χ0v) is 20.5. The summed E-state index contributed by atoms with van der Waals surface area (Å²) in [5.41, 5.74) is 2.02. The van der Waals surface area contributed by atoms with Gasteiger partial charge in [0.25, 0.3) is 5.91 Å². The van der Waals surface area contributed by atoms with Crippen LogP contribution in [0.5, 0.6) is 0 Å². The van der Waals surface area contributed by atoms with Gasteiger partial charge in [-0.05, 0) is 67.3 Å². The van der Waals surface area contributed by atoms with Crippen LogP contribution in [0.25, 0.3) is 11.0 Å². The molecule has 3 aliphatic carbocycles. The number of pyridine rings is 1. The molecule has 3 aromatic rings. The van der Waals surface area contributed by atoms with Gasteiger partial charge in [-0.2, -0.15) is 13.2 Å². The first-order valence-corrected chi connectivity index (χ1v) is 12.7. The molecule has 3 fully saturated rings. The van der Waals surface area contributed by atoms with Crippen LogP contribution in [0.2, 0.25) is 0 Å². The highest BCUT2D eigenvalue weighted by Crippen LogP contribution is 2.69. The van der Waals surface area contributed by atoms with E-state index < -0.39 is 17.7 Å². The number of hydrogen-bond acceptors (Lipinski definition) is 3. The Balaban J connectivity index is 1.19. The van der Waals surface area contributed by atoms with Crippen LogP contribution in [0.3, 0.4) is 0 Å². The maximum absolute atomic E-state index is 13.3. The largest absolute Gasteiger partial charge is 0.481 e. The molecule has 2 aromatic heterocycles. The molecule has 1 amide bonds. The molecular weight excluding hydrogens is 483 g/mol. The predicted molar refractivity (Wildman–Crippen MR) is 132 cm³/mol. The number of carbonyl (C=O) groups excluding carboxylic acids is 1. The van der Waals surface area contributed by atoms with E-state index in [4.69, 9.17) is 5.11 Å². The van der Waals surface area contributed by atoms with E-state index in [2.05, 4.69) is 10.3 Å². The summed E-state index contributed by atoms with van der Waals surface area (Å²) in [7, 11) is 0. The number of nitrogens with zero attached hydrogens (tertiary/aromatic N) is 2. The Kier molecular flexibility index (Phi) is 6.50. The van der Waals surface area contributed by atoms with E-state index in [1.165, 1.54) is 12.1 Å². The van der Waals surface area contributed by atoms with Gasteiger partial charge < -0.3 is 15.0 Å². The summed E-state index contributed by atoms with van der Waals surface area (Å²) in [4.78, 5) is 28.3. The fourth-order valence-corrected chi connectivity index (χ4v) is 6.27. The van der Waals surface area contributed by atoms with Crippen molar-refractivity contribution in [3.63, 3.8) is 0 Å². The maximum Gasteiger partial charge on any atom is 0.416 e. The second kappa shape index (κ2) is 9.50. The molecule has 2 bridgehead atoms. The van der Waals surface area contributed by atoms with Crippen molar-refractivity contribution < 1.29 is 27.9 Å². The van der Waals surface area contributed by atoms with Gasteiger partial charge in [-0.3, -0.25) is 14.6 Å². The van der Waals surface area contributed by atoms with Crippen molar-refractivity contribution in [3.05, 3.63) is 65.5 Å². The number of carboxylic acids is 1. The average molecular weight is 514 g/mol. The predicted octanol–water partition coefficient (Wildman–Crippen LogP) is 6.18. The number of aliphatic carboxylic acids is 1. The molecule has 0 saturated heterocycles. The fraction of sp³-hybridized carbons (Fsp3) is 0.464. The lowest BCUT2D eigenvalue weighted by atomic mass is 9.38. The minimum absolute atomic E-state index is 0.151. The Morgan fingerprint density at radius 3 is 2.38 bits per heavy atom. The van der Waals surface area contributed by atoms with E-state index in [1.807, 2.05) is 10.6 Å². The number of fused-ring (bicyclic) bond motifs is 1. The van der Waals surface area contributed by atoms with Gasteiger partial charge >= 0.3 is 12.1 Å². The van der Waals surface area contributed by atoms with Crippen LogP contribution in [0, 0.1) is 5.41 Å². The van der Waals surface area contributed by atoms with Crippen molar-refractivity contribution in [1.29, 1.82) is 0 Å². The Morgan fingerprint density at radius 2 is 1.70 bits per heavy atom. The summed E-state index contributed by atoms with van der Waals surface area (Å²) >= 11 is 0. The molecule has 9 heteroatoms. The lowest BCUT2D eigenvalue weighted by Gasteiger charge is -2.71. The van der Waals surface area contributed by atoms with E-state index in [0.717, 1.165) is 63.5 Å². The number of nitrogens with one attached hydrogen (secondary N) is 1. The van der Waals surface area contributed by atoms with Gasteiger partial charge in [0.2, 0.25) is 0 Å². The Labute approximate surface area is 212 Å². The smallest absolute Gasteiger partial charge is 0.416 e. The first-order chi connectivity index (χ1) is 17.6. The van der Waals surface area contributed by atoms with Gasteiger partial charge in [0.05, 0.1) is 22.2 Å². The number of carbonyl (C=O) groups is 2. The lowest BCUT2D eigenvalue weighted by molar-refractivity contribution is -0.153. The number of unbranched alkanes of at least 4 members (excludes halogenated alkanes) is 3. The molecule has 3 aliphatic rings. The minimum Gasteiger partial charge on any atom is -0.481 e. The van der Waals surface area contributed by atoms with Gasteiger partial charge in [0, 0.05) is 30.9 Å². The number of carboxylic acid groups (broad SMARTS) is 1. The molecule has 2 heterocycles. The van der Waals surface area contributed by atoms with Crippen LogP contribution in [-0.2, 0) is 17.5 Å². The van der Waals surface area contributed by atoms with Crippen molar-refractivity contribution in [3.8, 4) is 0 Å². The third-order valence-corrected chi connectivity index (χ3v) is 7.90. The van der Waals surface area contributed by atoms with E-state index >= 15 is 0 Å². The third kappa shape index (κ3) is 5.22. The lowest BCUT2D eigenvalue weighted by Crippen LogP contribution is -2.74. The standard InChI is InChI=1S/C28H30F3N3O3/c29-28(30,31)20-8-6-19(7-9-20)15-34-14-11-22-24(34)21(10-13-32-22)25(37)33-27-16-26(17-27,18-27)12-4-2-1-3-5-23(35)36/h6-11,13-14H,1-5,12,15-18H2,(H,33,37)(H,35,36). The van der Waals surface area contributed by atoms with Gasteiger partial charge in [0.15, 0.2) is 0 Å². The first kappa shape index (κ1) is 25.3. The number of halogens is 3. The minimum atomic E-state index is -4.38. The Morgan fingerprint density at radius 1 is 1.00 bits per heavy atom. The molecule has 0 atom stereocenters. The van der Waals surface area contributed by atoms with Crippen molar-refractivity contribution in [2.75, 3.05) is 0 Å².